The summed E-state index contributed by atoms with van der Waals surface area (Å²) in [7, 11) is 1.70. The molecule has 1 heterocycles. The van der Waals surface area contributed by atoms with Crippen molar-refractivity contribution in [3.8, 4) is 0 Å². The summed E-state index contributed by atoms with van der Waals surface area (Å²) < 4.78 is 0. The SMILES string of the molecule is CCCC1(C(=O)N(C)CC(=O)NCC)CCCN1. The van der Waals surface area contributed by atoms with Gasteiger partial charge in [0.15, 0.2) is 0 Å². The Morgan fingerprint density at radius 3 is 2.61 bits per heavy atom. The Kier molecular flexibility index (Phi) is 5.59. The Hall–Kier alpha value is -1.10. The molecular weight excluding hydrogens is 230 g/mol. The van der Waals surface area contributed by atoms with E-state index in [1.165, 1.54) is 0 Å². The predicted octanol–water partition coefficient (Wildman–Crippen LogP) is 0.503. The fourth-order valence-electron chi connectivity index (χ4n) is 2.64. The molecule has 104 valence electrons. The molecule has 18 heavy (non-hydrogen) atoms. The van der Waals surface area contributed by atoms with Gasteiger partial charge in [0.1, 0.15) is 0 Å². The molecule has 0 aromatic heterocycles. The molecule has 0 bridgehead atoms. The van der Waals surface area contributed by atoms with Gasteiger partial charge in [-0.2, -0.15) is 0 Å². The Bertz CT molecular complexity index is 299. The number of carbonyl (C=O) groups is 2. The minimum absolute atomic E-state index is 0.0492. The zero-order chi connectivity index (χ0) is 13.6. The molecule has 0 radical (unpaired) electrons. The van der Waals surface area contributed by atoms with Crippen LogP contribution in [0.1, 0.15) is 39.5 Å². The first kappa shape index (κ1) is 15.0. The number of hydrogen-bond acceptors (Lipinski definition) is 3. The molecule has 1 rings (SSSR count). The van der Waals surface area contributed by atoms with E-state index in [9.17, 15) is 9.59 Å². The van der Waals surface area contributed by atoms with Crippen LogP contribution >= 0.6 is 0 Å². The molecule has 1 unspecified atom stereocenters. The molecule has 0 spiro atoms. The van der Waals surface area contributed by atoms with E-state index >= 15 is 0 Å². The second-order valence-corrected chi connectivity index (χ2v) is 4.98. The van der Waals surface area contributed by atoms with Crippen molar-refractivity contribution in [2.75, 3.05) is 26.7 Å². The molecule has 1 aliphatic rings. The van der Waals surface area contributed by atoms with E-state index in [1.54, 1.807) is 11.9 Å². The number of nitrogens with one attached hydrogen (secondary N) is 2. The Labute approximate surface area is 109 Å². The van der Waals surface area contributed by atoms with E-state index in [-0.39, 0.29) is 18.4 Å². The van der Waals surface area contributed by atoms with Crippen molar-refractivity contribution in [1.29, 1.82) is 0 Å². The predicted molar refractivity (Wildman–Crippen MR) is 71.2 cm³/mol. The first-order valence-electron chi connectivity index (χ1n) is 6.83. The molecule has 1 saturated heterocycles. The lowest BCUT2D eigenvalue weighted by molar-refractivity contribution is -0.140. The van der Waals surface area contributed by atoms with Crippen molar-refractivity contribution in [3.05, 3.63) is 0 Å². The Morgan fingerprint density at radius 2 is 2.11 bits per heavy atom. The summed E-state index contributed by atoms with van der Waals surface area (Å²) in [5.74, 6) is -0.0499. The summed E-state index contributed by atoms with van der Waals surface area (Å²) in [6, 6.07) is 0. The van der Waals surface area contributed by atoms with Gasteiger partial charge in [-0.15, -0.1) is 0 Å². The van der Waals surface area contributed by atoms with Crippen LogP contribution in [-0.4, -0.2) is 48.9 Å². The zero-order valence-corrected chi connectivity index (χ0v) is 11.7. The lowest BCUT2D eigenvalue weighted by atomic mass is 9.90. The normalized spacial score (nSPS) is 22.8. The highest BCUT2D eigenvalue weighted by Gasteiger charge is 2.41. The molecule has 2 amide bonds. The number of hydrogen-bond donors (Lipinski definition) is 2. The monoisotopic (exact) mass is 255 g/mol. The topological polar surface area (TPSA) is 61.4 Å². The first-order chi connectivity index (χ1) is 8.55. The smallest absolute Gasteiger partial charge is 0.243 e. The van der Waals surface area contributed by atoms with Gasteiger partial charge in [-0.3, -0.25) is 9.59 Å². The summed E-state index contributed by atoms with van der Waals surface area (Å²) in [5, 5.41) is 6.05. The maximum atomic E-state index is 12.5. The minimum atomic E-state index is -0.435. The molecule has 5 heteroatoms. The fraction of sp³-hybridized carbons (Fsp3) is 0.846. The van der Waals surface area contributed by atoms with Gasteiger partial charge in [-0.1, -0.05) is 13.3 Å². The van der Waals surface area contributed by atoms with Gasteiger partial charge < -0.3 is 15.5 Å². The van der Waals surface area contributed by atoms with Crippen molar-refractivity contribution in [3.63, 3.8) is 0 Å². The van der Waals surface area contributed by atoms with Crippen LogP contribution in [0.3, 0.4) is 0 Å². The lowest BCUT2D eigenvalue weighted by Crippen LogP contribution is -2.55. The van der Waals surface area contributed by atoms with Crippen molar-refractivity contribution < 1.29 is 9.59 Å². The second kappa shape index (κ2) is 6.73. The standard InChI is InChI=1S/C13H25N3O2/c1-4-7-13(8-6-9-15-13)12(18)16(3)10-11(17)14-5-2/h15H,4-10H2,1-3H3,(H,14,17). The molecule has 5 nitrogen and oxygen atoms in total. The third kappa shape index (κ3) is 3.45. The minimum Gasteiger partial charge on any atom is -0.355 e. The van der Waals surface area contributed by atoms with Crippen LogP contribution in [0, 0.1) is 0 Å². The largest absolute Gasteiger partial charge is 0.355 e. The van der Waals surface area contributed by atoms with Crippen LogP contribution in [0.5, 0.6) is 0 Å². The molecule has 2 N–H and O–H groups in total. The van der Waals surface area contributed by atoms with Crippen LogP contribution in [-0.2, 0) is 9.59 Å². The van der Waals surface area contributed by atoms with Gasteiger partial charge in [-0.05, 0) is 32.7 Å². The Morgan fingerprint density at radius 1 is 1.39 bits per heavy atom. The molecule has 1 atom stereocenters. The highest BCUT2D eigenvalue weighted by atomic mass is 16.2. The zero-order valence-electron chi connectivity index (χ0n) is 11.7. The number of likely N-dealkylation sites (N-methyl/N-ethyl adjacent to an activating group) is 2. The van der Waals surface area contributed by atoms with Crippen molar-refractivity contribution in [2.45, 2.75) is 45.1 Å². The molecule has 1 fully saturated rings. The highest BCUT2D eigenvalue weighted by molar-refractivity contribution is 5.90. The molecular formula is C13H25N3O2. The van der Waals surface area contributed by atoms with Crippen LogP contribution in [0.2, 0.25) is 0 Å². The number of nitrogens with zero attached hydrogens (tertiary/aromatic N) is 1. The van der Waals surface area contributed by atoms with E-state index in [0.717, 1.165) is 32.2 Å². The summed E-state index contributed by atoms with van der Waals surface area (Å²) >= 11 is 0. The number of carbonyl (C=O) groups excluding carboxylic acids is 2. The first-order valence-corrected chi connectivity index (χ1v) is 6.83. The quantitative estimate of drug-likeness (QED) is 0.726. The number of rotatable bonds is 6. The van der Waals surface area contributed by atoms with E-state index in [1.807, 2.05) is 6.92 Å². The third-order valence-corrected chi connectivity index (χ3v) is 3.43. The molecule has 0 aliphatic carbocycles. The van der Waals surface area contributed by atoms with E-state index < -0.39 is 5.54 Å². The average molecular weight is 255 g/mol. The van der Waals surface area contributed by atoms with E-state index in [4.69, 9.17) is 0 Å². The second-order valence-electron chi connectivity index (χ2n) is 4.98. The summed E-state index contributed by atoms with van der Waals surface area (Å²) in [6.07, 6.45) is 3.71. The average Bonchev–Trinajstić information content (AvgIpc) is 2.78. The Balaban J connectivity index is 2.62. The maximum absolute atomic E-state index is 12.5. The maximum Gasteiger partial charge on any atom is 0.243 e. The van der Waals surface area contributed by atoms with Crippen LogP contribution in [0.15, 0.2) is 0 Å². The van der Waals surface area contributed by atoms with Gasteiger partial charge in [0.2, 0.25) is 11.8 Å². The molecule has 0 aromatic carbocycles. The summed E-state index contributed by atoms with van der Waals surface area (Å²) in [6.45, 7) is 5.58. The fourth-order valence-corrected chi connectivity index (χ4v) is 2.64. The van der Waals surface area contributed by atoms with Gasteiger partial charge in [0.05, 0.1) is 12.1 Å². The van der Waals surface area contributed by atoms with Gasteiger partial charge in [0, 0.05) is 13.6 Å². The summed E-state index contributed by atoms with van der Waals surface area (Å²) in [4.78, 5) is 25.5. The van der Waals surface area contributed by atoms with Crippen LogP contribution in [0.4, 0.5) is 0 Å². The lowest BCUT2D eigenvalue weighted by Gasteiger charge is -2.32. The third-order valence-electron chi connectivity index (χ3n) is 3.43. The van der Waals surface area contributed by atoms with Crippen molar-refractivity contribution >= 4 is 11.8 Å². The number of amides is 2. The van der Waals surface area contributed by atoms with Gasteiger partial charge in [-0.25, -0.2) is 0 Å². The molecule has 0 saturated carbocycles. The highest BCUT2D eigenvalue weighted by Crippen LogP contribution is 2.26. The van der Waals surface area contributed by atoms with Gasteiger partial charge >= 0.3 is 0 Å². The van der Waals surface area contributed by atoms with Crippen LogP contribution < -0.4 is 10.6 Å². The summed E-state index contributed by atoms with van der Waals surface area (Å²) in [5.41, 5.74) is -0.435. The van der Waals surface area contributed by atoms with Gasteiger partial charge in [0.25, 0.3) is 0 Å². The molecule has 0 aromatic rings. The van der Waals surface area contributed by atoms with E-state index in [0.29, 0.717) is 6.54 Å². The van der Waals surface area contributed by atoms with Crippen molar-refractivity contribution in [2.24, 2.45) is 0 Å². The van der Waals surface area contributed by atoms with E-state index in [2.05, 4.69) is 17.6 Å². The van der Waals surface area contributed by atoms with Crippen LogP contribution in [0.25, 0.3) is 0 Å². The molecule has 1 aliphatic heterocycles. The van der Waals surface area contributed by atoms with Crippen molar-refractivity contribution in [1.82, 2.24) is 15.5 Å².